The van der Waals surface area contributed by atoms with Gasteiger partial charge >= 0.3 is 0 Å². The number of rotatable bonds is 5. The summed E-state index contributed by atoms with van der Waals surface area (Å²) in [5.41, 5.74) is 7.27. The fourth-order valence-corrected chi connectivity index (χ4v) is 2.02. The van der Waals surface area contributed by atoms with E-state index >= 15 is 0 Å². The Balaban J connectivity index is 1.87. The molecule has 0 radical (unpaired) electrons. The molecule has 0 aliphatic rings. The Labute approximate surface area is 116 Å². The van der Waals surface area contributed by atoms with Crippen molar-refractivity contribution in [3.05, 3.63) is 23.3 Å². The lowest BCUT2D eigenvalue weighted by molar-refractivity contribution is -0.124. The summed E-state index contributed by atoms with van der Waals surface area (Å²) in [5, 5.41) is 13.6. The smallest absolute Gasteiger partial charge is 0.244 e. The van der Waals surface area contributed by atoms with Gasteiger partial charge in [0.25, 0.3) is 0 Å². The summed E-state index contributed by atoms with van der Waals surface area (Å²) in [7, 11) is 0. The van der Waals surface area contributed by atoms with Crippen molar-refractivity contribution in [2.45, 2.75) is 33.2 Å². The normalized spacial score (nSPS) is 12.3. The van der Waals surface area contributed by atoms with E-state index in [2.05, 4.69) is 25.6 Å². The maximum absolute atomic E-state index is 12.1. The maximum atomic E-state index is 12.1. The second-order valence-electron chi connectivity index (χ2n) is 4.73. The molecule has 4 N–H and O–H groups in total. The predicted octanol–water partition coefficient (Wildman–Crippen LogP) is 0.120. The van der Waals surface area contributed by atoms with Crippen LogP contribution in [0.2, 0.25) is 0 Å². The number of aromatic nitrogens is 5. The van der Waals surface area contributed by atoms with E-state index in [9.17, 15) is 4.79 Å². The van der Waals surface area contributed by atoms with E-state index in [1.165, 1.54) is 0 Å². The van der Waals surface area contributed by atoms with Gasteiger partial charge in [-0.1, -0.05) is 0 Å². The zero-order valence-corrected chi connectivity index (χ0v) is 11.8. The number of hydrogen-bond acceptors (Lipinski definition) is 5. The predicted molar refractivity (Wildman–Crippen MR) is 73.9 cm³/mol. The fourth-order valence-electron chi connectivity index (χ4n) is 2.02. The monoisotopic (exact) mass is 277 g/mol. The van der Waals surface area contributed by atoms with Gasteiger partial charge in [-0.25, -0.2) is 0 Å². The Morgan fingerprint density at radius 1 is 1.55 bits per heavy atom. The SMILES string of the molecule is Cc1cc(C)n(C(C)C(=O)NCCc2nc(N)n[nH]2)n1. The van der Waals surface area contributed by atoms with Gasteiger partial charge in [0.05, 0.1) is 5.69 Å². The summed E-state index contributed by atoms with van der Waals surface area (Å²) in [6.07, 6.45) is 0.555. The summed E-state index contributed by atoms with van der Waals surface area (Å²) in [6.45, 7) is 6.13. The van der Waals surface area contributed by atoms with E-state index in [1.807, 2.05) is 26.8 Å². The van der Waals surface area contributed by atoms with Gasteiger partial charge in [-0.3, -0.25) is 14.6 Å². The summed E-state index contributed by atoms with van der Waals surface area (Å²) < 4.78 is 1.72. The van der Waals surface area contributed by atoms with Gasteiger partial charge in [-0.05, 0) is 26.8 Å². The molecule has 1 amide bonds. The third kappa shape index (κ3) is 3.14. The molecule has 0 aliphatic heterocycles. The molecule has 1 atom stereocenters. The van der Waals surface area contributed by atoms with Crippen molar-refractivity contribution in [3.63, 3.8) is 0 Å². The molecule has 2 aromatic heterocycles. The van der Waals surface area contributed by atoms with Gasteiger partial charge in [0, 0.05) is 18.7 Å². The summed E-state index contributed by atoms with van der Waals surface area (Å²) in [5.74, 6) is 0.785. The third-order valence-electron chi connectivity index (χ3n) is 3.00. The molecule has 2 aromatic rings. The highest BCUT2D eigenvalue weighted by atomic mass is 16.2. The van der Waals surface area contributed by atoms with Crippen LogP contribution >= 0.6 is 0 Å². The number of nitrogens with two attached hydrogens (primary N) is 1. The number of hydrogen-bond donors (Lipinski definition) is 3. The number of anilines is 1. The molecule has 2 rings (SSSR count). The summed E-state index contributed by atoms with van der Waals surface area (Å²) >= 11 is 0. The first kappa shape index (κ1) is 14.0. The van der Waals surface area contributed by atoms with Crippen LogP contribution in [-0.4, -0.2) is 37.4 Å². The minimum Gasteiger partial charge on any atom is -0.367 e. The molecule has 0 fully saturated rings. The average molecular weight is 277 g/mol. The van der Waals surface area contributed by atoms with Crippen molar-refractivity contribution in [3.8, 4) is 0 Å². The highest BCUT2D eigenvalue weighted by Crippen LogP contribution is 2.10. The number of aromatic amines is 1. The van der Waals surface area contributed by atoms with Crippen LogP contribution in [0.5, 0.6) is 0 Å². The summed E-state index contributed by atoms with van der Waals surface area (Å²) in [6, 6.07) is 1.60. The third-order valence-corrected chi connectivity index (χ3v) is 3.00. The number of nitrogens with zero attached hydrogens (tertiary/aromatic N) is 4. The Morgan fingerprint density at radius 3 is 2.85 bits per heavy atom. The Morgan fingerprint density at radius 2 is 2.30 bits per heavy atom. The summed E-state index contributed by atoms with van der Waals surface area (Å²) in [4.78, 5) is 16.0. The van der Waals surface area contributed by atoms with Crippen molar-refractivity contribution >= 4 is 11.9 Å². The van der Waals surface area contributed by atoms with Crippen LogP contribution in [0.1, 0.15) is 30.2 Å². The van der Waals surface area contributed by atoms with Crippen molar-refractivity contribution in [1.29, 1.82) is 0 Å². The van der Waals surface area contributed by atoms with E-state index in [-0.39, 0.29) is 17.9 Å². The first-order valence-corrected chi connectivity index (χ1v) is 6.44. The molecule has 108 valence electrons. The molecule has 0 aromatic carbocycles. The van der Waals surface area contributed by atoms with Crippen LogP contribution in [-0.2, 0) is 11.2 Å². The molecule has 8 heteroatoms. The topological polar surface area (TPSA) is 115 Å². The molecule has 0 bridgehead atoms. The van der Waals surface area contributed by atoms with E-state index in [1.54, 1.807) is 4.68 Å². The van der Waals surface area contributed by atoms with Crippen LogP contribution in [0.4, 0.5) is 5.95 Å². The molecule has 8 nitrogen and oxygen atoms in total. The molecule has 0 saturated carbocycles. The second kappa shape index (κ2) is 5.72. The second-order valence-corrected chi connectivity index (χ2v) is 4.73. The zero-order valence-electron chi connectivity index (χ0n) is 11.8. The van der Waals surface area contributed by atoms with Crippen LogP contribution in [0, 0.1) is 13.8 Å². The van der Waals surface area contributed by atoms with Crippen LogP contribution in [0.3, 0.4) is 0 Å². The minimum absolute atomic E-state index is 0.0799. The van der Waals surface area contributed by atoms with Gasteiger partial charge in [0.1, 0.15) is 11.9 Å². The molecular weight excluding hydrogens is 258 g/mol. The van der Waals surface area contributed by atoms with E-state index in [0.29, 0.717) is 18.8 Å². The van der Waals surface area contributed by atoms with Gasteiger partial charge in [0.15, 0.2) is 0 Å². The van der Waals surface area contributed by atoms with E-state index < -0.39 is 0 Å². The van der Waals surface area contributed by atoms with E-state index in [0.717, 1.165) is 11.4 Å². The highest BCUT2D eigenvalue weighted by Gasteiger charge is 2.17. The molecule has 2 heterocycles. The van der Waals surface area contributed by atoms with Gasteiger partial charge in [-0.2, -0.15) is 10.1 Å². The maximum Gasteiger partial charge on any atom is 0.244 e. The lowest BCUT2D eigenvalue weighted by Crippen LogP contribution is -2.33. The van der Waals surface area contributed by atoms with Crippen LogP contribution in [0.15, 0.2) is 6.07 Å². The average Bonchev–Trinajstić information content (AvgIpc) is 2.94. The van der Waals surface area contributed by atoms with Gasteiger partial charge in [0.2, 0.25) is 11.9 Å². The minimum atomic E-state index is -0.344. The molecular formula is C12H19N7O. The standard InChI is InChI=1S/C12H19N7O/c1-7-6-8(2)19(18-7)9(3)11(20)14-5-4-10-15-12(13)17-16-10/h6,9H,4-5H2,1-3H3,(H,14,20)(H3,13,15,16,17). The lowest BCUT2D eigenvalue weighted by Gasteiger charge is -2.14. The Kier molecular flexibility index (Phi) is 4.02. The number of aryl methyl sites for hydroxylation is 2. The Bertz CT molecular complexity index is 601. The molecule has 0 aliphatic carbocycles. The van der Waals surface area contributed by atoms with Gasteiger partial charge in [-0.15, -0.1) is 5.10 Å². The molecule has 0 saturated heterocycles. The quantitative estimate of drug-likeness (QED) is 0.718. The number of carbonyl (C=O) groups excluding carboxylic acids is 1. The number of H-pyrrole nitrogens is 1. The fraction of sp³-hybridized carbons (Fsp3) is 0.500. The largest absolute Gasteiger partial charge is 0.367 e. The lowest BCUT2D eigenvalue weighted by atomic mass is 10.3. The molecule has 1 unspecified atom stereocenters. The molecule has 20 heavy (non-hydrogen) atoms. The van der Waals surface area contributed by atoms with Gasteiger partial charge < -0.3 is 11.1 Å². The zero-order chi connectivity index (χ0) is 14.7. The first-order valence-electron chi connectivity index (χ1n) is 6.44. The molecule has 0 spiro atoms. The number of nitrogen functional groups attached to an aromatic ring is 1. The van der Waals surface area contributed by atoms with Crippen molar-refractivity contribution in [1.82, 2.24) is 30.3 Å². The van der Waals surface area contributed by atoms with Crippen molar-refractivity contribution in [2.24, 2.45) is 0 Å². The number of amides is 1. The van der Waals surface area contributed by atoms with E-state index in [4.69, 9.17) is 5.73 Å². The van der Waals surface area contributed by atoms with Crippen molar-refractivity contribution in [2.75, 3.05) is 12.3 Å². The number of nitrogens with one attached hydrogen (secondary N) is 2. The van der Waals surface area contributed by atoms with Crippen LogP contribution < -0.4 is 11.1 Å². The highest BCUT2D eigenvalue weighted by molar-refractivity contribution is 5.79. The Hall–Kier alpha value is -2.38. The number of carbonyl (C=O) groups is 1. The first-order chi connectivity index (χ1) is 9.47. The van der Waals surface area contributed by atoms with Crippen LogP contribution in [0.25, 0.3) is 0 Å². The van der Waals surface area contributed by atoms with Crippen molar-refractivity contribution < 1.29 is 4.79 Å².